The van der Waals surface area contributed by atoms with Crippen LogP contribution in [-0.4, -0.2) is 21.8 Å². The number of ether oxygens (including phenoxy) is 1. The monoisotopic (exact) mass is 313 g/mol. The molecule has 0 atom stereocenters. The van der Waals surface area contributed by atoms with Gasteiger partial charge >= 0.3 is 0 Å². The van der Waals surface area contributed by atoms with Gasteiger partial charge in [-0.3, -0.25) is 10.1 Å². The molecule has 1 aliphatic heterocycles. The fraction of sp³-hybridized carbons (Fsp3) is 0.100. The molecule has 4 nitrogen and oxygen atoms in total. The predicted octanol–water partition coefficient (Wildman–Crippen LogP) is 4.23. The number of fused-ring (bicyclic) bond motifs is 2. The number of rotatable bonds is 2. The van der Waals surface area contributed by atoms with Crippen molar-refractivity contribution in [1.29, 1.82) is 0 Å². The molecule has 1 aliphatic rings. The number of para-hydroxylation sites is 1. The topological polar surface area (TPSA) is 50.8 Å². The summed E-state index contributed by atoms with van der Waals surface area (Å²) in [6, 6.07) is 16.6. The summed E-state index contributed by atoms with van der Waals surface area (Å²) in [7, 11) is 0. The zero-order chi connectivity index (χ0) is 15.9. The molecule has 4 aromatic rings. The van der Waals surface area contributed by atoms with Gasteiger partial charge in [0, 0.05) is 29.1 Å². The molecule has 5 rings (SSSR count). The third-order valence-electron chi connectivity index (χ3n) is 4.56. The summed E-state index contributed by atoms with van der Waals surface area (Å²) in [5, 5.41) is 8.59. The summed E-state index contributed by atoms with van der Waals surface area (Å²) in [6.07, 6.45) is 4.70. The molecule has 3 heterocycles. The molecule has 24 heavy (non-hydrogen) atoms. The summed E-state index contributed by atoms with van der Waals surface area (Å²) in [5.41, 5.74) is 6.64. The molecule has 0 unspecified atom stereocenters. The van der Waals surface area contributed by atoms with Crippen molar-refractivity contribution >= 4 is 10.9 Å². The Labute approximate surface area is 139 Å². The number of hydrogen-bond acceptors (Lipinski definition) is 3. The van der Waals surface area contributed by atoms with Crippen LogP contribution in [0.2, 0.25) is 0 Å². The molecule has 0 aliphatic carbocycles. The van der Waals surface area contributed by atoms with Gasteiger partial charge in [-0.1, -0.05) is 24.3 Å². The van der Waals surface area contributed by atoms with Crippen LogP contribution in [0.4, 0.5) is 0 Å². The zero-order valence-corrected chi connectivity index (χ0v) is 13.0. The summed E-state index contributed by atoms with van der Waals surface area (Å²) < 4.78 is 5.61. The van der Waals surface area contributed by atoms with E-state index in [1.54, 1.807) is 0 Å². The van der Waals surface area contributed by atoms with Gasteiger partial charge in [0.2, 0.25) is 0 Å². The van der Waals surface area contributed by atoms with Crippen molar-refractivity contribution in [3.63, 3.8) is 0 Å². The summed E-state index contributed by atoms with van der Waals surface area (Å²) >= 11 is 0. The third-order valence-corrected chi connectivity index (χ3v) is 4.56. The van der Waals surface area contributed by atoms with Crippen LogP contribution in [0.3, 0.4) is 0 Å². The van der Waals surface area contributed by atoms with E-state index in [2.05, 4.69) is 39.4 Å². The second-order valence-electron chi connectivity index (χ2n) is 5.96. The van der Waals surface area contributed by atoms with Crippen molar-refractivity contribution in [3.05, 3.63) is 66.5 Å². The Balaban J connectivity index is 1.70. The fourth-order valence-corrected chi connectivity index (χ4v) is 3.38. The van der Waals surface area contributed by atoms with Crippen LogP contribution in [0.5, 0.6) is 5.75 Å². The fourth-order valence-electron chi connectivity index (χ4n) is 3.38. The summed E-state index contributed by atoms with van der Waals surface area (Å²) in [4.78, 5) is 4.45. The third kappa shape index (κ3) is 2.00. The Bertz CT molecular complexity index is 1050. The average molecular weight is 313 g/mol. The lowest BCUT2D eigenvalue weighted by Gasteiger charge is -2.08. The van der Waals surface area contributed by atoms with E-state index in [4.69, 9.17) is 4.74 Å². The van der Waals surface area contributed by atoms with Crippen LogP contribution in [0, 0.1) is 0 Å². The smallest absolute Gasteiger partial charge is 0.122 e. The van der Waals surface area contributed by atoms with E-state index >= 15 is 0 Å². The molecule has 0 bridgehead atoms. The number of nitrogens with zero attached hydrogens (tertiary/aromatic N) is 2. The first-order valence-electron chi connectivity index (χ1n) is 8.04. The van der Waals surface area contributed by atoms with Crippen molar-refractivity contribution in [1.82, 2.24) is 15.2 Å². The van der Waals surface area contributed by atoms with Crippen LogP contribution in [0.1, 0.15) is 5.56 Å². The van der Waals surface area contributed by atoms with Gasteiger partial charge in [0.25, 0.3) is 0 Å². The molecule has 0 saturated heterocycles. The van der Waals surface area contributed by atoms with E-state index in [9.17, 15) is 0 Å². The molecule has 0 amide bonds. The summed E-state index contributed by atoms with van der Waals surface area (Å²) in [5.74, 6) is 0.998. The van der Waals surface area contributed by atoms with Crippen LogP contribution < -0.4 is 4.74 Å². The highest BCUT2D eigenvalue weighted by Gasteiger charge is 2.16. The molecule has 2 aromatic heterocycles. The highest BCUT2D eigenvalue weighted by atomic mass is 16.5. The van der Waals surface area contributed by atoms with Gasteiger partial charge in [-0.2, -0.15) is 5.10 Å². The summed E-state index contributed by atoms with van der Waals surface area (Å²) in [6.45, 7) is 0.770. The van der Waals surface area contributed by atoms with Crippen molar-refractivity contribution in [3.8, 4) is 28.1 Å². The van der Waals surface area contributed by atoms with Gasteiger partial charge < -0.3 is 4.74 Å². The van der Waals surface area contributed by atoms with E-state index in [0.717, 1.165) is 52.1 Å². The minimum atomic E-state index is 0.770. The maximum atomic E-state index is 5.61. The molecule has 0 radical (unpaired) electrons. The van der Waals surface area contributed by atoms with Crippen LogP contribution in [0.15, 0.2) is 60.9 Å². The van der Waals surface area contributed by atoms with Crippen LogP contribution >= 0.6 is 0 Å². The number of nitrogens with one attached hydrogen (secondary N) is 1. The lowest BCUT2D eigenvalue weighted by molar-refractivity contribution is 0.357. The number of aromatic nitrogens is 3. The Kier molecular flexibility index (Phi) is 2.88. The standard InChI is InChI=1S/C20H15N3O/c1-2-4-18-15(3-1)16(7-9-21-18)20-17(12-22-23-20)13-5-6-19-14(11-13)8-10-24-19/h1-7,9,11-12H,8,10H2,(H,22,23). The number of aromatic amines is 1. The minimum absolute atomic E-state index is 0.770. The maximum Gasteiger partial charge on any atom is 0.122 e. The molecular formula is C20H15N3O. The van der Waals surface area contributed by atoms with Gasteiger partial charge in [-0.05, 0) is 35.4 Å². The van der Waals surface area contributed by atoms with Gasteiger partial charge in [-0.25, -0.2) is 0 Å². The van der Waals surface area contributed by atoms with E-state index < -0.39 is 0 Å². The number of hydrogen-bond donors (Lipinski definition) is 1. The molecule has 1 N–H and O–H groups in total. The van der Waals surface area contributed by atoms with Gasteiger partial charge in [0.05, 0.1) is 24.0 Å². The molecule has 4 heteroatoms. The Hall–Kier alpha value is -3.14. The maximum absolute atomic E-state index is 5.61. The molecule has 116 valence electrons. The van der Waals surface area contributed by atoms with Crippen molar-refractivity contribution in [2.75, 3.05) is 6.61 Å². The molecule has 2 aromatic carbocycles. The van der Waals surface area contributed by atoms with Gasteiger partial charge in [0.1, 0.15) is 5.75 Å². The van der Waals surface area contributed by atoms with Crippen molar-refractivity contribution in [2.24, 2.45) is 0 Å². The zero-order valence-electron chi connectivity index (χ0n) is 13.0. The first-order chi connectivity index (χ1) is 11.9. The van der Waals surface area contributed by atoms with E-state index in [1.807, 2.05) is 36.7 Å². The first-order valence-corrected chi connectivity index (χ1v) is 8.04. The normalized spacial score (nSPS) is 13.0. The predicted molar refractivity (Wildman–Crippen MR) is 94.0 cm³/mol. The highest BCUT2D eigenvalue weighted by Crippen LogP contribution is 2.36. The van der Waals surface area contributed by atoms with Crippen molar-refractivity contribution in [2.45, 2.75) is 6.42 Å². The van der Waals surface area contributed by atoms with Crippen molar-refractivity contribution < 1.29 is 4.74 Å². The molecule has 0 spiro atoms. The van der Waals surface area contributed by atoms with Gasteiger partial charge in [0.15, 0.2) is 0 Å². The minimum Gasteiger partial charge on any atom is -0.493 e. The molecule has 0 saturated carbocycles. The highest BCUT2D eigenvalue weighted by molar-refractivity contribution is 5.97. The second-order valence-corrected chi connectivity index (χ2v) is 5.96. The van der Waals surface area contributed by atoms with E-state index in [-0.39, 0.29) is 0 Å². The molecular weight excluding hydrogens is 298 g/mol. The SMILES string of the molecule is c1ccc2c(-c3[nH]ncc3-c3ccc4c(c3)CCO4)ccnc2c1. The van der Waals surface area contributed by atoms with Crippen LogP contribution in [0.25, 0.3) is 33.3 Å². The Morgan fingerprint density at radius 3 is 2.96 bits per heavy atom. The Morgan fingerprint density at radius 2 is 1.96 bits per heavy atom. The number of pyridine rings is 1. The van der Waals surface area contributed by atoms with Gasteiger partial charge in [-0.15, -0.1) is 0 Å². The number of H-pyrrole nitrogens is 1. The lowest BCUT2D eigenvalue weighted by atomic mass is 9.97. The number of benzene rings is 2. The molecule has 0 fully saturated rings. The quantitative estimate of drug-likeness (QED) is 0.602. The van der Waals surface area contributed by atoms with E-state index in [0.29, 0.717) is 0 Å². The second kappa shape index (κ2) is 5.20. The average Bonchev–Trinajstić information content (AvgIpc) is 3.29. The van der Waals surface area contributed by atoms with Crippen LogP contribution in [-0.2, 0) is 6.42 Å². The largest absolute Gasteiger partial charge is 0.493 e. The first kappa shape index (κ1) is 13.3. The lowest BCUT2D eigenvalue weighted by Crippen LogP contribution is -1.87. The Morgan fingerprint density at radius 1 is 1.00 bits per heavy atom. The van der Waals surface area contributed by atoms with E-state index in [1.165, 1.54) is 5.56 Å².